The highest BCUT2D eigenvalue weighted by Crippen LogP contribution is 2.06. The normalized spacial score (nSPS) is 16.6. The molecule has 0 spiro atoms. The second-order valence-corrected chi connectivity index (χ2v) is 6.95. The molecule has 0 aromatic heterocycles. The molecule has 7 N–H and O–H groups in total. The lowest BCUT2D eigenvalue weighted by Gasteiger charge is -2.26. The molecule has 156 valence electrons. The average molecular weight is 388 g/mol. The van der Waals surface area contributed by atoms with Crippen LogP contribution in [-0.2, 0) is 19.2 Å². The van der Waals surface area contributed by atoms with Crippen molar-refractivity contribution in [1.29, 1.82) is 0 Å². The quantitative estimate of drug-likeness (QED) is 0.252. The number of nitrogens with one attached hydrogen (secondary N) is 3. The van der Waals surface area contributed by atoms with Crippen molar-refractivity contribution in [3.63, 3.8) is 0 Å². The van der Waals surface area contributed by atoms with Crippen LogP contribution < -0.4 is 21.7 Å². The summed E-state index contributed by atoms with van der Waals surface area (Å²) in [6, 6.07) is -4.28. The summed E-state index contributed by atoms with van der Waals surface area (Å²) >= 11 is 0. The van der Waals surface area contributed by atoms with Crippen LogP contribution >= 0.6 is 0 Å². The van der Waals surface area contributed by atoms with Gasteiger partial charge in [-0.1, -0.05) is 34.1 Å². The van der Waals surface area contributed by atoms with Gasteiger partial charge in [0.15, 0.2) is 0 Å². The number of carboxylic acid groups (broad SMARTS) is 1. The minimum atomic E-state index is -1.28. The number of aliphatic hydroxyl groups is 1. The van der Waals surface area contributed by atoms with Crippen molar-refractivity contribution in [2.24, 2.45) is 17.6 Å². The molecule has 10 heteroatoms. The lowest BCUT2D eigenvalue weighted by molar-refractivity contribution is -0.142. The minimum Gasteiger partial charge on any atom is -0.480 e. The first kappa shape index (κ1) is 24.8. The Morgan fingerprint density at radius 3 is 1.89 bits per heavy atom. The molecule has 0 aromatic rings. The van der Waals surface area contributed by atoms with Crippen molar-refractivity contribution in [2.45, 2.75) is 65.2 Å². The summed E-state index contributed by atoms with van der Waals surface area (Å²) < 4.78 is 0. The molecule has 27 heavy (non-hydrogen) atoms. The fourth-order valence-corrected chi connectivity index (χ4v) is 2.13. The Balaban J connectivity index is 5.05. The lowest BCUT2D eigenvalue weighted by atomic mass is 9.99. The summed E-state index contributed by atoms with van der Waals surface area (Å²) in [4.78, 5) is 47.6. The van der Waals surface area contributed by atoms with Crippen LogP contribution in [0.25, 0.3) is 0 Å². The van der Waals surface area contributed by atoms with E-state index in [0.29, 0.717) is 6.42 Å². The van der Waals surface area contributed by atoms with E-state index >= 15 is 0 Å². The molecular weight excluding hydrogens is 356 g/mol. The van der Waals surface area contributed by atoms with E-state index < -0.39 is 54.5 Å². The molecule has 0 saturated heterocycles. The Morgan fingerprint density at radius 2 is 1.48 bits per heavy atom. The van der Waals surface area contributed by atoms with Gasteiger partial charge in [-0.2, -0.15) is 0 Å². The molecule has 3 amide bonds. The van der Waals surface area contributed by atoms with E-state index in [0.717, 1.165) is 0 Å². The van der Waals surface area contributed by atoms with Crippen LogP contribution in [0.3, 0.4) is 0 Å². The first-order valence-electron chi connectivity index (χ1n) is 8.96. The van der Waals surface area contributed by atoms with E-state index in [4.69, 9.17) is 10.8 Å². The van der Waals surface area contributed by atoms with Crippen LogP contribution in [0.15, 0.2) is 0 Å². The maximum atomic E-state index is 12.4. The number of rotatable bonds is 11. The molecular formula is C17H32N4O6. The summed E-state index contributed by atoms with van der Waals surface area (Å²) in [5.74, 6) is -3.70. The fourth-order valence-electron chi connectivity index (χ4n) is 2.13. The molecule has 5 atom stereocenters. The van der Waals surface area contributed by atoms with Crippen LogP contribution in [0, 0.1) is 11.8 Å². The fraction of sp³-hybridized carbons (Fsp3) is 0.765. The van der Waals surface area contributed by atoms with Crippen molar-refractivity contribution < 1.29 is 29.4 Å². The third-order valence-electron chi connectivity index (χ3n) is 4.35. The summed E-state index contributed by atoms with van der Waals surface area (Å²) in [7, 11) is 0. The van der Waals surface area contributed by atoms with Gasteiger partial charge in [0.2, 0.25) is 17.7 Å². The Labute approximate surface area is 159 Å². The molecule has 0 heterocycles. The highest BCUT2D eigenvalue weighted by molar-refractivity contribution is 5.94. The number of hydrogen-bond acceptors (Lipinski definition) is 6. The summed E-state index contributed by atoms with van der Waals surface area (Å²) in [5, 5.41) is 25.4. The zero-order chi connectivity index (χ0) is 21.3. The standard InChI is InChI=1S/C17H32N4O6/c1-6-9(4)12(18)15(24)20-11(7-22)14(23)21-13(8(2)3)16(25)19-10(5)17(26)27/h8-13,22H,6-7,18H2,1-5H3,(H,19,25)(H,20,24)(H,21,23)(H,26,27). The van der Waals surface area contributed by atoms with Gasteiger partial charge in [-0.3, -0.25) is 19.2 Å². The van der Waals surface area contributed by atoms with E-state index in [1.807, 2.05) is 6.92 Å². The molecule has 0 fully saturated rings. The molecule has 0 rings (SSSR count). The molecule has 0 bridgehead atoms. The summed E-state index contributed by atoms with van der Waals surface area (Å²) in [6.45, 7) is 7.62. The third-order valence-corrected chi connectivity index (χ3v) is 4.35. The van der Waals surface area contributed by atoms with E-state index in [1.54, 1.807) is 20.8 Å². The number of carbonyl (C=O) groups is 4. The van der Waals surface area contributed by atoms with Crippen LogP contribution in [0.5, 0.6) is 0 Å². The first-order valence-corrected chi connectivity index (χ1v) is 8.96. The lowest BCUT2D eigenvalue weighted by Crippen LogP contribution is -2.59. The highest BCUT2D eigenvalue weighted by atomic mass is 16.4. The monoisotopic (exact) mass is 388 g/mol. The van der Waals surface area contributed by atoms with Gasteiger partial charge in [-0.25, -0.2) is 0 Å². The van der Waals surface area contributed by atoms with Crippen LogP contribution in [0.4, 0.5) is 0 Å². The summed E-state index contributed by atoms with van der Waals surface area (Å²) in [5.41, 5.74) is 5.81. The van der Waals surface area contributed by atoms with Gasteiger partial charge < -0.3 is 31.9 Å². The van der Waals surface area contributed by atoms with Crippen molar-refractivity contribution in [2.75, 3.05) is 6.61 Å². The van der Waals surface area contributed by atoms with Crippen molar-refractivity contribution >= 4 is 23.7 Å². The number of amides is 3. The van der Waals surface area contributed by atoms with Gasteiger partial charge in [0, 0.05) is 0 Å². The predicted molar refractivity (Wildman–Crippen MR) is 98.5 cm³/mol. The zero-order valence-corrected chi connectivity index (χ0v) is 16.5. The van der Waals surface area contributed by atoms with Gasteiger partial charge in [-0.05, 0) is 18.8 Å². The molecule has 0 saturated carbocycles. The molecule has 0 aliphatic carbocycles. The van der Waals surface area contributed by atoms with Gasteiger partial charge in [0.05, 0.1) is 12.6 Å². The Morgan fingerprint density at radius 1 is 0.926 bits per heavy atom. The molecule has 5 unspecified atom stereocenters. The second-order valence-electron chi connectivity index (χ2n) is 6.95. The number of hydrogen-bond donors (Lipinski definition) is 6. The first-order chi connectivity index (χ1) is 12.5. The van der Waals surface area contributed by atoms with E-state index in [1.165, 1.54) is 6.92 Å². The number of aliphatic carboxylic acids is 1. The topological polar surface area (TPSA) is 171 Å². The Hall–Kier alpha value is -2.20. The van der Waals surface area contributed by atoms with Crippen LogP contribution in [-0.4, -0.2) is 64.7 Å². The van der Waals surface area contributed by atoms with Crippen LogP contribution in [0.2, 0.25) is 0 Å². The number of carboxylic acids is 1. The molecule has 10 nitrogen and oxygen atoms in total. The minimum absolute atomic E-state index is 0.112. The predicted octanol–water partition coefficient (Wildman–Crippen LogP) is -1.43. The van der Waals surface area contributed by atoms with Crippen molar-refractivity contribution in [3.05, 3.63) is 0 Å². The van der Waals surface area contributed by atoms with E-state index in [2.05, 4.69) is 16.0 Å². The Kier molecular flexibility index (Phi) is 10.6. The van der Waals surface area contributed by atoms with E-state index in [9.17, 15) is 24.3 Å². The largest absolute Gasteiger partial charge is 0.480 e. The second kappa shape index (κ2) is 11.5. The number of aliphatic hydroxyl groups excluding tert-OH is 1. The van der Waals surface area contributed by atoms with Gasteiger partial charge >= 0.3 is 5.97 Å². The Bertz CT molecular complexity index is 540. The number of nitrogens with two attached hydrogens (primary N) is 1. The van der Waals surface area contributed by atoms with Gasteiger partial charge in [0.25, 0.3) is 0 Å². The zero-order valence-electron chi connectivity index (χ0n) is 16.5. The third kappa shape index (κ3) is 7.92. The number of carbonyl (C=O) groups excluding carboxylic acids is 3. The molecule has 0 aliphatic heterocycles. The maximum absolute atomic E-state index is 12.4. The van der Waals surface area contributed by atoms with E-state index in [-0.39, 0.29) is 11.8 Å². The maximum Gasteiger partial charge on any atom is 0.325 e. The van der Waals surface area contributed by atoms with Crippen LogP contribution in [0.1, 0.15) is 41.0 Å². The van der Waals surface area contributed by atoms with Crippen molar-refractivity contribution in [1.82, 2.24) is 16.0 Å². The molecule has 0 radical (unpaired) electrons. The molecule has 0 aromatic carbocycles. The average Bonchev–Trinajstić information content (AvgIpc) is 2.61. The van der Waals surface area contributed by atoms with Crippen molar-refractivity contribution in [3.8, 4) is 0 Å². The molecule has 0 aliphatic rings. The highest BCUT2D eigenvalue weighted by Gasteiger charge is 2.31. The summed E-state index contributed by atoms with van der Waals surface area (Å²) in [6.07, 6.45) is 0.669. The SMILES string of the molecule is CCC(C)C(N)C(=O)NC(CO)C(=O)NC(C(=O)NC(C)C(=O)O)C(C)C. The smallest absolute Gasteiger partial charge is 0.325 e. The van der Waals surface area contributed by atoms with Gasteiger partial charge in [0.1, 0.15) is 18.1 Å². The van der Waals surface area contributed by atoms with Gasteiger partial charge in [-0.15, -0.1) is 0 Å².